The van der Waals surface area contributed by atoms with Crippen molar-refractivity contribution in [3.63, 3.8) is 0 Å². The first-order valence-electron chi connectivity index (χ1n) is 20.9. The van der Waals surface area contributed by atoms with Crippen molar-refractivity contribution in [2.45, 2.75) is 0 Å². The van der Waals surface area contributed by atoms with Crippen molar-refractivity contribution in [3.8, 4) is 51.0 Å². The van der Waals surface area contributed by atoms with Crippen LogP contribution in [0.2, 0.25) is 0 Å². The molecular formula is C45H28N4O. The highest BCUT2D eigenvalue weighted by Crippen LogP contribution is 2.40. The standard InChI is InChI=1S/C45H28N4O/c1-4-13-29(14-5-1)32-24-26-38-36(27-32)34-19-10-11-20-37(34)49(38)39-21-12-22-40-42(39)35-25-23-33(28-41(35)50-40)45-47-43(30-15-6-2-7-16-30)46-44(48-45)31-17-8-3-9-18-31/h1-28H/i2D,3D,6D,7D,8D,9D,15D,16D,17D,18D. The van der Waals surface area contributed by atoms with Gasteiger partial charge in [-0.3, -0.25) is 0 Å². The number of benzene rings is 7. The molecule has 7 aromatic carbocycles. The third-order valence-corrected chi connectivity index (χ3v) is 8.84. The van der Waals surface area contributed by atoms with Gasteiger partial charge < -0.3 is 8.98 Å². The van der Waals surface area contributed by atoms with E-state index in [-0.39, 0.29) is 28.6 Å². The molecule has 234 valence electrons. The molecule has 5 heteroatoms. The second-order valence-corrected chi connectivity index (χ2v) is 11.7. The molecule has 0 aliphatic rings. The van der Waals surface area contributed by atoms with Crippen LogP contribution in [0.5, 0.6) is 0 Å². The number of para-hydroxylation sites is 1. The van der Waals surface area contributed by atoms with Crippen molar-refractivity contribution < 1.29 is 18.1 Å². The van der Waals surface area contributed by atoms with Crippen molar-refractivity contribution in [2.75, 3.05) is 0 Å². The average Bonchev–Trinajstić information content (AvgIpc) is 3.82. The number of fused-ring (bicyclic) bond motifs is 6. The molecule has 0 bridgehead atoms. The highest BCUT2D eigenvalue weighted by atomic mass is 16.3. The molecule has 0 spiro atoms. The van der Waals surface area contributed by atoms with Crippen LogP contribution in [-0.2, 0) is 0 Å². The Morgan fingerprint density at radius 2 is 1.08 bits per heavy atom. The van der Waals surface area contributed by atoms with Crippen LogP contribution in [0, 0.1) is 0 Å². The molecule has 0 aliphatic heterocycles. The molecule has 50 heavy (non-hydrogen) atoms. The fourth-order valence-corrected chi connectivity index (χ4v) is 6.63. The van der Waals surface area contributed by atoms with E-state index in [1.807, 2.05) is 54.6 Å². The van der Waals surface area contributed by atoms with Crippen molar-refractivity contribution in [1.82, 2.24) is 19.5 Å². The maximum atomic E-state index is 8.65. The minimum Gasteiger partial charge on any atom is -0.456 e. The first kappa shape index (κ1) is 19.8. The normalized spacial score (nSPS) is 14.4. The van der Waals surface area contributed by atoms with Crippen LogP contribution in [-0.4, -0.2) is 19.5 Å². The van der Waals surface area contributed by atoms with Crippen LogP contribution < -0.4 is 0 Å². The smallest absolute Gasteiger partial charge is 0.164 e. The number of aromatic nitrogens is 4. The highest BCUT2D eigenvalue weighted by molar-refractivity contribution is 6.15. The Morgan fingerprint density at radius 3 is 1.82 bits per heavy atom. The number of rotatable bonds is 5. The van der Waals surface area contributed by atoms with Gasteiger partial charge >= 0.3 is 0 Å². The Balaban J connectivity index is 1.19. The Bertz CT molecular complexity index is 3310. The van der Waals surface area contributed by atoms with Crippen LogP contribution >= 0.6 is 0 Å². The molecule has 10 aromatic rings. The highest BCUT2D eigenvalue weighted by Gasteiger charge is 2.19. The van der Waals surface area contributed by atoms with Gasteiger partial charge in [0.25, 0.3) is 0 Å². The fraction of sp³-hybridized carbons (Fsp3) is 0. The summed E-state index contributed by atoms with van der Waals surface area (Å²) < 4.78 is 92.7. The summed E-state index contributed by atoms with van der Waals surface area (Å²) in [5.74, 6) is -0.729. The third-order valence-electron chi connectivity index (χ3n) is 8.84. The van der Waals surface area contributed by atoms with Gasteiger partial charge in [-0.1, -0.05) is 127 Å². The van der Waals surface area contributed by atoms with Crippen LogP contribution in [0.15, 0.2) is 174 Å². The molecule has 0 aliphatic carbocycles. The molecule has 0 N–H and O–H groups in total. The maximum absolute atomic E-state index is 8.65. The number of nitrogens with zero attached hydrogens (tertiary/aromatic N) is 4. The van der Waals surface area contributed by atoms with E-state index >= 15 is 0 Å². The molecular weight excluding hydrogens is 613 g/mol. The summed E-state index contributed by atoms with van der Waals surface area (Å²) in [5, 5.41) is 3.82. The summed E-state index contributed by atoms with van der Waals surface area (Å²) in [4.78, 5) is 13.6. The molecule has 3 aromatic heterocycles. The van der Waals surface area contributed by atoms with Crippen molar-refractivity contribution >= 4 is 43.7 Å². The summed E-state index contributed by atoms with van der Waals surface area (Å²) in [6.07, 6.45) is 0. The van der Waals surface area contributed by atoms with Gasteiger partial charge in [-0.05, 0) is 53.6 Å². The fourth-order valence-electron chi connectivity index (χ4n) is 6.63. The first-order valence-corrected chi connectivity index (χ1v) is 15.9. The largest absolute Gasteiger partial charge is 0.456 e. The predicted molar refractivity (Wildman–Crippen MR) is 203 cm³/mol. The lowest BCUT2D eigenvalue weighted by molar-refractivity contribution is 0.669. The number of hydrogen-bond acceptors (Lipinski definition) is 4. The van der Waals surface area contributed by atoms with Gasteiger partial charge in [0.15, 0.2) is 17.5 Å². The maximum Gasteiger partial charge on any atom is 0.164 e. The second-order valence-electron chi connectivity index (χ2n) is 11.7. The molecule has 0 fully saturated rings. The van der Waals surface area contributed by atoms with Gasteiger partial charge in [-0.25, -0.2) is 15.0 Å². The summed E-state index contributed by atoms with van der Waals surface area (Å²) in [7, 11) is 0. The molecule has 0 atom stereocenters. The zero-order valence-electron chi connectivity index (χ0n) is 36.1. The summed E-state index contributed by atoms with van der Waals surface area (Å²) in [6, 6.07) is 30.2. The van der Waals surface area contributed by atoms with Crippen LogP contribution in [0.1, 0.15) is 13.7 Å². The van der Waals surface area contributed by atoms with E-state index in [1.54, 1.807) is 12.1 Å². The van der Waals surface area contributed by atoms with E-state index in [4.69, 9.17) is 18.1 Å². The molecule has 0 amide bonds. The summed E-state index contributed by atoms with van der Waals surface area (Å²) in [5.41, 5.74) is 5.93. The van der Waals surface area contributed by atoms with E-state index < -0.39 is 60.4 Å². The Hall–Kier alpha value is -6.85. The lowest BCUT2D eigenvalue weighted by Gasteiger charge is -2.10. The molecule has 0 saturated carbocycles. The predicted octanol–water partition coefficient (Wildman–Crippen LogP) is 11.5. The lowest BCUT2D eigenvalue weighted by Crippen LogP contribution is -2.00. The van der Waals surface area contributed by atoms with Gasteiger partial charge in [0.2, 0.25) is 0 Å². The van der Waals surface area contributed by atoms with Gasteiger partial charge in [0.1, 0.15) is 11.2 Å². The van der Waals surface area contributed by atoms with Crippen molar-refractivity contribution in [1.29, 1.82) is 0 Å². The van der Waals surface area contributed by atoms with Gasteiger partial charge in [-0.15, -0.1) is 0 Å². The SMILES string of the molecule is [2H]c1c([2H])c([2H])c(-c2nc(-c3ccc4c(c3)oc3cccc(-n5c6ccccc6c6cc(-c7ccccc7)ccc65)c34)nc(-c3c([2H])c([2H])c([2H])c([2H])c3[2H])n2)c([2H])c1[2H]. The van der Waals surface area contributed by atoms with Crippen molar-refractivity contribution in [2.24, 2.45) is 0 Å². The molecule has 0 saturated heterocycles. The Labute approximate surface area is 301 Å². The summed E-state index contributed by atoms with van der Waals surface area (Å²) in [6.45, 7) is 0. The van der Waals surface area contributed by atoms with E-state index in [9.17, 15) is 0 Å². The van der Waals surface area contributed by atoms with E-state index in [1.165, 1.54) is 0 Å². The Morgan fingerprint density at radius 1 is 0.440 bits per heavy atom. The van der Waals surface area contributed by atoms with Crippen molar-refractivity contribution in [3.05, 3.63) is 170 Å². The minimum absolute atomic E-state index is 0.0483. The lowest BCUT2D eigenvalue weighted by atomic mass is 10.0. The first-order chi connectivity index (χ1) is 28.9. The molecule has 10 rings (SSSR count). The topological polar surface area (TPSA) is 56.7 Å². The summed E-state index contributed by atoms with van der Waals surface area (Å²) >= 11 is 0. The number of hydrogen-bond donors (Lipinski definition) is 0. The zero-order valence-corrected chi connectivity index (χ0v) is 26.1. The van der Waals surface area contributed by atoms with E-state index in [0.29, 0.717) is 16.7 Å². The molecule has 3 heterocycles. The zero-order chi connectivity index (χ0) is 41.7. The number of furan rings is 1. The Kier molecular flexibility index (Phi) is 4.52. The molecule has 5 nitrogen and oxygen atoms in total. The van der Waals surface area contributed by atoms with Crippen LogP contribution in [0.3, 0.4) is 0 Å². The molecule has 0 unspecified atom stereocenters. The van der Waals surface area contributed by atoms with E-state index in [0.717, 1.165) is 49.4 Å². The van der Waals surface area contributed by atoms with Crippen LogP contribution in [0.4, 0.5) is 0 Å². The van der Waals surface area contributed by atoms with Crippen LogP contribution in [0.25, 0.3) is 94.7 Å². The van der Waals surface area contributed by atoms with E-state index in [2.05, 4.69) is 62.0 Å². The quantitative estimate of drug-likeness (QED) is 0.186. The van der Waals surface area contributed by atoms with Gasteiger partial charge in [0, 0.05) is 32.8 Å². The average molecular weight is 651 g/mol. The monoisotopic (exact) mass is 650 g/mol. The molecule has 0 radical (unpaired) electrons. The minimum atomic E-state index is -0.614. The van der Waals surface area contributed by atoms with Gasteiger partial charge in [-0.2, -0.15) is 0 Å². The third kappa shape index (κ3) is 4.60. The second kappa shape index (κ2) is 11.4. The van der Waals surface area contributed by atoms with Gasteiger partial charge in [0.05, 0.1) is 35.8 Å².